The molecule has 1 fully saturated rings. The highest BCUT2D eigenvalue weighted by atomic mass is 35.5. The molecule has 1 saturated heterocycles. The minimum atomic E-state index is 0.129. The molecule has 1 nitrogen and oxygen atoms in total. The lowest BCUT2D eigenvalue weighted by molar-refractivity contribution is 0.102. The van der Waals surface area contributed by atoms with Gasteiger partial charge < -0.3 is 4.74 Å². The van der Waals surface area contributed by atoms with Crippen molar-refractivity contribution in [1.82, 2.24) is 0 Å². The van der Waals surface area contributed by atoms with Crippen LogP contribution in [0.2, 0.25) is 0 Å². The minimum Gasteiger partial charge on any atom is -0.378 e. The Bertz CT molecular complexity index is 314. The molecule has 0 saturated carbocycles. The Morgan fingerprint density at radius 2 is 2.12 bits per heavy atom. The van der Waals surface area contributed by atoms with E-state index < -0.39 is 0 Å². The lowest BCUT2D eigenvalue weighted by Gasteiger charge is -2.13. The van der Waals surface area contributed by atoms with Gasteiger partial charge in [0, 0.05) is 6.61 Å². The van der Waals surface area contributed by atoms with Gasteiger partial charge in [0.15, 0.2) is 0 Å². The van der Waals surface area contributed by atoms with E-state index in [9.17, 15) is 0 Å². The van der Waals surface area contributed by atoms with E-state index in [-0.39, 0.29) is 5.38 Å². The molecule has 0 bridgehead atoms. The van der Waals surface area contributed by atoms with E-state index in [1.165, 1.54) is 24.0 Å². The van der Waals surface area contributed by atoms with Crippen LogP contribution in [0.25, 0.3) is 0 Å². The van der Waals surface area contributed by atoms with Gasteiger partial charge in [0.05, 0.1) is 11.5 Å². The van der Waals surface area contributed by atoms with E-state index in [0.717, 1.165) is 19.4 Å². The molecule has 1 aliphatic heterocycles. The molecule has 0 N–H and O–H groups in total. The van der Waals surface area contributed by atoms with E-state index in [1.54, 1.807) is 0 Å². The molecule has 0 spiro atoms. The maximum atomic E-state index is 6.38. The van der Waals surface area contributed by atoms with Gasteiger partial charge in [0.2, 0.25) is 0 Å². The van der Waals surface area contributed by atoms with Gasteiger partial charge >= 0.3 is 0 Å². The fourth-order valence-electron chi connectivity index (χ4n) is 2.15. The fraction of sp³-hybridized carbons (Fsp3) is 0.571. The van der Waals surface area contributed by atoms with Crippen LogP contribution < -0.4 is 0 Å². The number of aryl methyl sites for hydroxylation is 1. The predicted molar refractivity (Wildman–Crippen MR) is 68.0 cm³/mol. The van der Waals surface area contributed by atoms with Crippen LogP contribution in [0.4, 0.5) is 0 Å². The SMILES string of the molecule is Cc1ccc(C(Cl)CCC2CCCO2)cc1. The van der Waals surface area contributed by atoms with Crippen LogP contribution >= 0.6 is 11.6 Å². The zero-order valence-corrected chi connectivity index (χ0v) is 10.5. The van der Waals surface area contributed by atoms with Gasteiger partial charge in [0.25, 0.3) is 0 Å². The van der Waals surface area contributed by atoms with Crippen molar-refractivity contribution in [3.05, 3.63) is 35.4 Å². The number of halogens is 1. The summed E-state index contributed by atoms with van der Waals surface area (Å²) >= 11 is 6.38. The Labute approximate surface area is 103 Å². The zero-order chi connectivity index (χ0) is 11.4. The summed E-state index contributed by atoms with van der Waals surface area (Å²) in [5.41, 5.74) is 2.51. The summed E-state index contributed by atoms with van der Waals surface area (Å²) < 4.78 is 5.60. The number of hydrogen-bond donors (Lipinski definition) is 0. The maximum absolute atomic E-state index is 6.38. The van der Waals surface area contributed by atoms with Crippen LogP contribution in [0.1, 0.15) is 42.2 Å². The summed E-state index contributed by atoms with van der Waals surface area (Å²) in [5.74, 6) is 0. The van der Waals surface area contributed by atoms with Crippen molar-refractivity contribution < 1.29 is 4.74 Å². The van der Waals surface area contributed by atoms with Crippen molar-refractivity contribution in [2.75, 3.05) is 6.61 Å². The largest absolute Gasteiger partial charge is 0.378 e. The van der Waals surface area contributed by atoms with Crippen LogP contribution in [0.15, 0.2) is 24.3 Å². The van der Waals surface area contributed by atoms with Crippen molar-refractivity contribution in [3.63, 3.8) is 0 Å². The molecule has 2 rings (SSSR count). The Hall–Kier alpha value is -0.530. The van der Waals surface area contributed by atoms with Crippen molar-refractivity contribution in [3.8, 4) is 0 Å². The third-order valence-corrected chi connectivity index (χ3v) is 3.68. The Kier molecular flexibility index (Phi) is 4.25. The molecule has 2 atom stereocenters. The number of benzene rings is 1. The van der Waals surface area contributed by atoms with E-state index in [2.05, 4.69) is 31.2 Å². The van der Waals surface area contributed by atoms with E-state index >= 15 is 0 Å². The topological polar surface area (TPSA) is 9.23 Å². The monoisotopic (exact) mass is 238 g/mol. The van der Waals surface area contributed by atoms with Crippen LogP contribution in [-0.2, 0) is 4.74 Å². The van der Waals surface area contributed by atoms with Gasteiger partial charge in [-0.15, -0.1) is 11.6 Å². The quantitative estimate of drug-likeness (QED) is 0.714. The van der Waals surface area contributed by atoms with E-state index in [1.807, 2.05) is 0 Å². The minimum absolute atomic E-state index is 0.129. The number of rotatable bonds is 4. The molecular formula is C14H19ClO. The molecule has 1 aromatic rings. The standard InChI is InChI=1S/C14H19ClO/c1-11-4-6-12(7-5-11)14(15)9-8-13-3-2-10-16-13/h4-7,13-14H,2-3,8-10H2,1H3. The van der Waals surface area contributed by atoms with E-state index in [0.29, 0.717) is 6.10 Å². The first-order valence-electron chi connectivity index (χ1n) is 6.08. The molecule has 1 heterocycles. The summed E-state index contributed by atoms with van der Waals surface area (Å²) in [7, 11) is 0. The molecule has 16 heavy (non-hydrogen) atoms. The molecule has 2 heteroatoms. The lowest BCUT2D eigenvalue weighted by Crippen LogP contribution is -2.05. The van der Waals surface area contributed by atoms with Crippen LogP contribution in [-0.4, -0.2) is 12.7 Å². The van der Waals surface area contributed by atoms with Crippen molar-refractivity contribution in [1.29, 1.82) is 0 Å². The highest BCUT2D eigenvalue weighted by Crippen LogP contribution is 2.28. The average Bonchev–Trinajstić information content (AvgIpc) is 2.80. The lowest BCUT2D eigenvalue weighted by atomic mass is 10.0. The number of ether oxygens (including phenoxy) is 1. The second-order valence-electron chi connectivity index (χ2n) is 4.59. The Morgan fingerprint density at radius 3 is 2.75 bits per heavy atom. The van der Waals surface area contributed by atoms with Crippen LogP contribution in [0, 0.1) is 6.92 Å². The number of alkyl halides is 1. The molecule has 0 aromatic heterocycles. The van der Waals surface area contributed by atoms with Gasteiger partial charge in [-0.2, -0.15) is 0 Å². The third-order valence-electron chi connectivity index (χ3n) is 3.21. The second-order valence-corrected chi connectivity index (χ2v) is 5.12. The second kappa shape index (κ2) is 5.70. The summed E-state index contributed by atoms with van der Waals surface area (Å²) in [5, 5.41) is 0.129. The first-order chi connectivity index (χ1) is 7.75. The first kappa shape index (κ1) is 11.9. The fourth-order valence-corrected chi connectivity index (χ4v) is 2.42. The molecule has 0 radical (unpaired) electrons. The normalized spacial score (nSPS) is 22.2. The maximum Gasteiger partial charge on any atom is 0.0586 e. The van der Waals surface area contributed by atoms with Gasteiger partial charge in [0.1, 0.15) is 0 Å². The molecule has 1 aliphatic rings. The number of hydrogen-bond acceptors (Lipinski definition) is 1. The van der Waals surface area contributed by atoms with Gasteiger partial charge in [-0.1, -0.05) is 29.8 Å². The van der Waals surface area contributed by atoms with Crippen molar-refractivity contribution in [2.45, 2.75) is 44.1 Å². The Morgan fingerprint density at radius 1 is 1.38 bits per heavy atom. The summed E-state index contributed by atoms with van der Waals surface area (Å²) in [6.07, 6.45) is 4.96. The molecule has 2 unspecified atom stereocenters. The van der Waals surface area contributed by atoms with Gasteiger partial charge in [-0.25, -0.2) is 0 Å². The smallest absolute Gasteiger partial charge is 0.0586 e. The first-order valence-corrected chi connectivity index (χ1v) is 6.51. The molecule has 0 aliphatic carbocycles. The Balaban J connectivity index is 1.82. The zero-order valence-electron chi connectivity index (χ0n) is 9.79. The molecular weight excluding hydrogens is 220 g/mol. The third kappa shape index (κ3) is 3.23. The summed E-state index contributed by atoms with van der Waals surface area (Å²) in [4.78, 5) is 0. The van der Waals surface area contributed by atoms with Gasteiger partial charge in [-0.3, -0.25) is 0 Å². The average molecular weight is 239 g/mol. The highest BCUT2D eigenvalue weighted by Gasteiger charge is 2.17. The molecule has 1 aromatic carbocycles. The predicted octanol–water partition coefficient (Wildman–Crippen LogP) is 4.23. The summed E-state index contributed by atoms with van der Waals surface area (Å²) in [6, 6.07) is 8.50. The molecule has 0 amide bonds. The summed E-state index contributed by atoms with van der Waals surface area (Å²) in [6.45, 7) is 3.03. The van der Waals surface area contributed by atoms with Crippen LogP contribution in [0.5, 0.6) is 0 Å². The highest BCUT2D eigenvalue weighted by molar-refractivity contribution is 6.20. The molecule has 88 valence electrons. The van der Waals surface area contributed by atoms with Gasteiger partial charge in [-0.05, 0) is 38.2 Å². The van der Waals surface area contributed by atoms with Crippen LogP contribution in [0.3, 0.4) is 0 Å². The van der Waals surface area contributed by atoms with Crippen molar-refractivity contribution in [2.24, 2.45) is 0 Å². The van der Waals surface area contributed by atoms with Crippen molar-refractivity contribution >= 4 is 11.6 Å². The van der Waals surface area contributed by atoms with E-state index in [4.69, 9.17) is 16.3 Å².